The maximum absolute atomic E-state index is 10.5. The lowest BCUT2D eigenvalue weighted by atomic mass is 10.0. The van der Waals surface area contributed by atoms with E-state index in [9.17, 15) is 5.11 Å². The summed E-state index contributed by atoms with van der Waals surface area (Å²) in [5.74, 6) is 1.48. The lowest BCUT2D eigenvalue weighted by Gasteiger charge is -2.33. The molecular formula is C24H33ClN4O2. The minimum atomic E-state index is -0.674. The van der Waals surface area contributed by atoms with Gasteiger partial charge in [0.1, 0.15) is 5.75 Å². The van der Waals surface area contributed by atoms with Crippen molar-refractivity contribution in [2.24, 2.45) is 4.99 Å². The highest BCUT2D eigenvalue weighted by Gasteiger charge is 2.20. The number of aliphatic imine (C=N–C) groups is 1. The number of nitrogens with one attached hydrogen (secondary N) is 2. The van der Waals surface area contributed by atoms with Crippen LogP contribution in [0.15, 0.2) is 53.5 Å². The fourth-order valence-electron chi connectivity index (χ4n) is 3.73. The molecule has 31 heavy (non-hydrogen) atoms. The van der Waals surface area contributed by atoms with Crippen molar-refractivity contribution in [1.82, 2.24) is 15.5 Å². The highest BCUT2D eigenvalue weighted by molar-refractivity contribution is 6.30. The maximum Gasteiger partial charge on any atom is 0.191 e. The van der Waals surface area contributed by atoms with E-state index in [1.807, 2.05) is 43.3 Å². The molecule has 1 atom stereocenters. The molecule has 7 heteroatoms. The van der Waals surface area contributed by atoms with Crippen LogP contribution in [0.2, 0.25) is 5.02 Å². The van der Waals surface area contributed by atoms with E-state index in [0.717, 1.165) is 61.3 Å². The first-order chi connectivity index (χ1) is 15.1. The molecule has 1 saturated heterocycles. The summed E-state index contributed by atoms with van der Waals surface area (Å²) in [5.41, 5.74) is 2.09. The van der Waals surface area contributed by atoms with Gasteiger partial charge in [-0.2, -0.15) is 0 Å². The van der Waals surface area contributed by atoms with Gasteiger partial charge >= 0.3 is 0 Å². The molecule has 1 aliphatic rings. The van der Waals surface area contributed by atoms with Gasteiger partial charge in [-0.1, -0.05) is 35.9 Å². The van der Waals surface area contributed by atoms with Crippen molar-refractivity contribution in [2.75, 3.05) is 33.3 Å². The number of nitrogens with zero attached hydrogens (tertiary/aromatic N) is 2. The van der Waals surface area contributed by atoms with Gasteiger partial charge in [0, 0.05) is 37.2 Å². The van der Waals surface area contributed by atoms with Gasteiger partial charge in [-0.05, 0) is 55.2 Å². The zero-order valence-electron chi connectivity index (χ0n) is 18.4. The Morgan fingerprint density at radius 2 is 1.97 bits per heavy atom. The van der Waals surface area contributed by atoms with E-state index in [0.29, 0.717) is 6.04 Å². The molecule has 2 aromatic carbocycles. The summed E-state index contributed by atoms with van der Waals surface area (Å²) in [6.45, 7) is 6.13. The number of benzene rings is 2. The number of rotatable bonds is 8. The van der Waals surface area contributed by atoms with Crippen molar-refractivity contribution in [2.45, 2.75) is 38.5 Å². The maximum atomic E-state index is 10.5. The number of methoxy groups -OCH3 is 1. The minimum Gasteiger partial charge on any atom is -0.497 e. The molecular weight excluding hydrogens is 412 g/mol. The van der Waals surface area contributed by atoms with Crippen LogP contribution in [0.25, 0.3) is 0 Å². The highest BCUT2D eigenvalue weighted by atomic mass is 35.5. The Morgan fingerprint density at radius 3 is 2.65 bits per heavy atom. The predicted molar refractivity (Wildman–Crippen MR) is 127 cm³/mol. The molecule has 0 saturated carbocycles. The van der Waals surface area contributed by atoms with E-state index in [2.05, 4.69) is 32.7 Å². The summed E-state index contributed by atoms with van der Waals surface area (Å²) >= 11 is 5.98. The molecule has 0 spiro atoms. The smallest absolute Gasteiger partial charge is 0.191 e. The largest absolute Gasteiger partial charge is 0.497 e. The molecule has 3 N–H and O–H groups in total. The second-order valence-corrected chi connectivity index (χ2v) is 8.27. The van der Waals surface area contributed by atoms with Crippen LogP contribution in [0.4, 0.5) is 0 Å². The van der Waals surface area contributed by atoms with Gasteiger partial charge in [0.2, 0.25) is 0 Å². The fourth-order valence-corrected chi connectivity index (χ4v) is 3.85. The molecule has 6 nitrogen and oxygen atoms in total. The Hall–Kier alpha value is -2.28. The minimum absolute atomic E-state index is 0.290. The van der Waals surface area contributed by atoms with Gasteiger partial charge in [0.05, 0.1) is 19.8 Å². The fraction of sp³-hybridized carbons (Fsp3) is 0.458. The number of likely N-dealkylation sites (tertiary alicyclic amines) is 1. The third-order valence-corrected chi connectivity index (χ3v) is 5.74. The molecule has 0 radical (unpaired) electrons. The molecule has 2 aromatic rings. The molecule has 1 unspecified atom stereocenters. The predicted octanol–water partition coefficient (Wildman–Crippen LogP) is 3.60. The van der Waals surface area contributed by atoms with Crippen molar-refractivity contribution < 1.29 is 9.84 Å². The Balaban J connectivity index is 1.49. The number of piperidine rings is 1. The Bertz CT molecular complexity index is 836. The van der Waals surface area contributed by atoms with Crippen LogP contribution in [0.1, 0.15) is 37.0 Å². The van der Waals surface area contributed by atoms with Crippen LogP contribution in [0.5, 0.6) is 5.75 Å². The topological polar surface area (TPSA) is 69.1 Å². The van der Waals surface area contributed by atoms with Crippen LogP contribution in [-0.2, 0) is 6.54 Å². The van der Waals surface area contributed by atoms with E-state index < -0.39 is 6.10 Å². The Morgan fingerprint density at radius 1 is 1.23 bits per heavy atom. The van der Waals surface area contributed by atoms with Crippen LogP contribution >= 0.6 is 11.6 Å². The first kappa shape index (κ1) is 23.4. The monoisotopic (exact) mass is 444 g/mol. The molecule has 0 bridgehead atoms. The highest BCUT2D eigenvalue weighted by Crippen LogP contribution is 2.19. The van der Waals surface area contributed by atoms with Gasteiger partial charge in [0.15, 0.2) is 5.96 Å². The summed E-state index contributed by atoms with van der Waals surface area (Å²) in [5, 5.41) is 18.1. The van der Waals surface area contributed by atoms with Gasteiger partial charge < -0.3 is 20.5 Å². The molecule has 3 rings (SSSR count). The van der Waals surface area contributed by atoms with Crippen LogP contribution in [0.3, 0.4) is 0 Å². The summed E-state index contributed by atoms with van der Waals surface area (Å²) in [7, 11) is 1.62. The van der Waals surface area contributed by atoms with Crippen molar-refractivity contribution in [3.63, 3.8) is 0 Å². The van der Waals surface area contributed by atoms with Gasteiger partial charge in [-0.25, -0.2) is 0 Å². The van der Waals surface area contributed by atoms with E-state index in [-0.39, 0.29) is 6.54 Å². The number of aliphatic hydroxyl groups is 1. The second kappa shape index (κ2) is 11.9. The zero-order chi connectivity index (χ0) is 22.1. The molecule has 1 aliphatic heterocycles. The number of halogens is 1. The Labute approximate surface area is 190 Å². The van der Waals surface area contributed by atoms with Gasteiger partial charge in [-0.3, -0.25) is 9.89 Å². The third kappa shape index (κ3) is 7.42. The van der Waals surface area contributed by atoms with E-state index in [1.165, 1.54) is 5.56 Å². The summed E-state index contributed by atoms with van der Waals surface area (Å²) in [4.78, 5) is 7.08. The van der Waals surface area contributed by atoms with E-state index in [1.54, 1.807) is 7.11 Å². The molecule has 1 heterocycles. The van der Waals surface area contributed by atoms with Crippen LogP contribution in [-0.4, -0.2) is 55.3 Å². The van der Waals surface area contributed by atoms with Gasteiger partial charge in [-0.15, -0.1) is 0 Å². The van der Waals surface area contributed by atoms with Gasteiger partial charge in [0.25, 0.3) is 0 Å². The third-order valence-electron chi connectivity index (χ3n) is 5.49. The number of hydrogen-bond donors (Lipinski definition) is 3. The summed E-state index contributed by atoms with van der Waals surface area (Å²) in [6, 6.07) is 15.9. The standard InChI is InChI=1S/C24H33ClN4O2/c1-3-26-24(27-16-23(30)19-5-4-6-22(15-19)31-2)28-21-11-13-29(14-12-21)17-18-7-9-20(25)10-8-18/h4-10,15,21,23,30H,3,11-14,16-17H2,1-2H3,(H2,26,27,28). The molecule has 1 fully saturated rings. The lowest BCUT2D eigenvalue weighted by molar-refractivity contribution is 0.186. The van der Waals surface area contributed by atoms with Crippen LogP contribution in [0, 0.1) is 0 Å². The van der Waals surface area contributed by atoms with Crippen molar-refractivity contribution in [3.05, 3.63) is 64.7 Å². The summed E-state index contributed by atoms with van der Waals surface area (Å²) in [6.07, 6.45) is 1.43. The average molecular weight is 445 g/mol. The molecule has 168 valence electrons. The number of hydrogen-bond acceptors (Lipinski definition) is 4. The molecule has 0 aliphatic carbocycles. The Kier molecular flexibility index (Phi) is 9.00. The summed E-state index contributed by atoms with van der Waals surface area (Å²) < 4.78 is 5.24. The average Bonchev–Trinajstić information content (AvgIpc) is 2.80. The second-order valence-electron chi connectivity index (χ2n) is 7.83. The number of aliphatic hydroxyl groups excluding tert-OH is 1. The first-order valence-electron chi connectivity index (χ1n) is 10.9. The van der Waals surface area contributed by atoms with Crippen LogP contribution < -0.4 is 15.4 Å². The van der Waals surface area contributed by atoms with E-state index >= 15 is 0 Å². The zero-order valence-corrected chi connectivity index (χ0v) is 19.1. The normalized spacial score (nSPS) is 16.7. The van der Waals surface area contributed by atoms with Crippen molar-refractivity contribution >= 4 is 17.6 Å². The lowest BCUT2D eigenvalue weighted by Crippen LogP contribution is -2.48. The molecule has 0 amide bonds. The van der Waals surface area contributed by atoms with E-state index in [4.69, 9.17) is 16.3 Å². The molecule has 0 aromatic heterocycles. The number of ether oxygens (including phenoxy) is 1. The van der Waals surface area contributed by atoms with Crippen molar-refractivity contribution in [3.8, 4) is 5.75 Å². The quantitative estimate of drug-likeness (QED) is 0.428. The first-order valence-corrected chi connectivity index (χ1v) is 11.3. The number of guanidine groups is 1. The SMILES string of the molecule is CCNC(=NCC(O)c1cccc(OC)c1)NC1CCN(Cc2ccc(Cl)cc2)CC1. The van der Waals surface area contributed by atoms with Crippen molar-refractivity contribution in [1.29, 1.82) is 0 Å².